The SMILES string of the molecule is COc1c(Br)cn(C)c(=O)c1Br. The summed E-state index contributed by atoms with van der Waals surface area (Å²) in [6.45, 7) is 0. The van der Waals surface area contributed by atoms with Gasteiger partial charge in [-0.3, -0.25) is 4.79 Å². The summed E-state index contributed by atoms with van der Waals surface area (Å²) in [7, 11) is 3.20. The summed E-state index contributed by atoms with van der Waals surface area (Å²) in [5, 5.41) is 0. The van der Waals surface area contributed by atoms with Crippen molar-refractivity contribution in [3.63, 3.8) is 0 Å². The van der Waals surface area contributed by atoms with Gasteiger partial charge in [-0.1, -0.05) is 0 Å². The number of aryl methyl sites for hydroxylation is 1. The minimum absolute atomic E-state index is 0.116. The Bertz CT molecular complexity index is 359. The molecule has 1 heterocycles. The summed E-state index contributed by atoms with van der Waals surface area (Å²) in [4.78, 5) is 11.3. The Morgan fingerprint density at radius 2 is 2.08 bits per heavy atom. The first kappa shape index (κ1) is 9.80. The van der Waals surface area contributed by atoms with Gasteiger partial charge in [0.15, 0.2) is 5.75 Å². The topological polar surface area (TPSA) is 31.2 Å². The zero-order chi connectivity index (χ0) is 9.30. The van der Waals surface area contributed by atoms with Gasteiger partial charge in [0.2, 0.25) is 0 Å². The lowest BCUT2D eigenvalue weighted by atomic mass is 10.4. The molecule has 0 spiro atoms. The monoisotopic (exact) mass is 295 g/mol. The lowest BCUT2D eigenvalue weighted by Gasteiger charge is -2.06. The summed E-state index contributed by atoms with van der Waals surface area (Å²) >= 11 is 6.43. The molecular formula is C7H7Br2NO2. The molecule has 0 aromatic carbocycles. The van der Waals surface area contributed by atoms with E-state index in [1.54, 1.807) is 13.2 Å². The number of aromatic nitrogens is 1. The fourth-order valence-electron chi connectivity index (χ4n) is 0.831. The number of rotatable bonds is 1. The molecular weight excluding hydrogens is 290 g/mol. The van der Waals surface area contributed by atoms with Gasteiger partial charge in [-0.05, 0) is 31.9 Å². The van der Waals surface area contributed by atoms with E-state index in [1.165, 1.54) is 11.7 Å². The molecule has 0 N–H and O–H groups in total. The predicted molar refractivity (Wildman–Crippen MR) is 53.6 cm³/mol. The number of nitrogens with zero attached hydrogens (tertiary/aromatic N) is 1. The van der Waals surface area contributed by atoms with Crippen molar-refractivity contribution in [2.45, 2.75) is 0 Å². The molecule has 0 fully saturated rings. The summed E-state index contributed by atoms with van der Waals surface area (Å²) in [6.07, 6.45) is 1.66. The van der Waals surface area contributed by atoms with Crippen LogP contribution in [0.3, 0.4) is 0 Å². The van der Waals surface area contributed by atoms with Crippen LogP contribution in [0, 0.1) is 0 Å². The van der Waals surface area contributed by atoms with Crippen molar-refractivity contribution >= 4 is 31.9 Å². The maximum Gasteiger partial charge on any atom is 0.268 e. The van der Waals surface area contributed by atoms with Crippen molar-refractivity contribution in [2.75, 3.05) is 7.11 Å². The molecule has 1 rings (SSSR count). The smallest absolute Gasteiger partial charge is 0.268 e. The Labute approximate surface area is 86.6 Å². The minimum atomic E-state index is -0.116. The van der Waals surface area contributed by atoms with Crippen molar-refractivity contribution in [3.05, 3.63) is 25.5 Å². The molecule has 0 aliphatic carbocycles. The normalized spacial score (nSPS) is 10.0. The van der Waals surface area contributed by atoms with Crippen LogP contribution in [0.4, 0.5) is 0 Å². The first-order valence-corrected chi connectivity index (χ1v) is 4.75. The molecule has 0 saturated carbocycles. The molecule has 3 nitrogen and oxygen atoms in total. The molecule has 66 valence electrons. The average Bonchev–Trinajstić information content (AvgIpc) is 2.01. The number of halogens is 2. The molecule has 5 heteroatoms. The van der Waals surface area contributed by atoms with Crippen LogP contribution in [0.15, 0.2) is 19.9 Å². The summed E-state index contributed by atoms with van der Waals surface area (Å²) in [5.74, 6) is 0.526. The van der Waals surface area contributed by atoms with Gasteiger partial charge in [0.1, 0.15) is 4.47 Å². The Hall–Kier alpha value is -0.290. The zero-order valence-electron chi connectivity index (χ0n) is 6.60. The number of ether oxygens (including phenoxy) is 1. The van der Waals surface area contributed by atoms with E-state index in [1.807, 2.05) is 0 Å². The van der Waals surface area contributed by atoms with Crippen molar-refractivity contribution < 1.29 is 4.74 Å². The Kier molecular flexibility index (Phi) is 2.95. The van der Waals surface area contributed by atoms with Crippen LogP contribution in [0.2, 0.25) is 0 Å². The van der Waals surface area contributed by atoms with Crippen LogP contribution in [0.5, 0.6) is 5.75 Å². The fraction of sp³-hybridized carbons (Fsp3) is 0.286. The van der Waals surface area contributed by atoms with Gasteiger partial charge in [-0.15, -0.1) is 0 Å². The molecule has 1 aromatic heterocycles. The molecule has 0 radical (unpaired) electrons. The molecule has 0 unspecified atom stereocenters. The van der Waals surface area contributed by atoms with Crippen LogP contribution >= 0.6 is 31.9 Å². The first-order valence-electron chi connectivity index (χ1n) is 3.16. The quantitative estimate of drug-likeness (QED) is 0.793. The Morgan fingerprint density at radius 3 is 2.58 bits per heavy atom. The second kappa shape index (κ2) is 3.62. The molecule has 0 aliphatic rings. The van der Waals surface area contributed by atoms with Crippen LogP contribution < -0.4 is 10.3 Å². The van der Waals surface area contributed by atoms with E-state index in [0.717, 1.165) is 4.47 Å². The lowest BCUT2D eigenvalue weighted by Crippen LogP contribution is -2.17. The molecule has 0 saturated heterocycles. The third-order valence-corrected chi connectivity index (χ3v) is 2.70. The van der Waals surface area contributed by atoms with Gasteiger partial charge in [0.25, 0.3) is 5.56 Å². The summed E-state index contributed by atoms with van der Waals surface area (Å²) in [6, 6.07) is 0. The van der Waals surface area contributed by atoms with Gasteiger partial charge in [0, 0.05) is 13.2 Å². The standard InChI is InChI=1S/C7H7Br2NO2/c1-10-3-4(8)6(12-2)5(9)7(10)11/h3H,1-2H3. The third kappa shape index (κ3) is 1.56. The maximum atomic E-state index is 11.3. The highest BCUT2D eigenvalue weighted by molar-refractivity contribution is 9.11. The van der Waals surface area contributed by atoms with Gasteiger partial charge >= 0.3 is 0 Å². The molecule has 12 heavy (non-hydrogen) atoms. The van der Waals surface area contributed by atoms with E-state index in [0.29, 0.717) is 10.2 Å². The number of methoxy groups -OCH3 is 1. The molecule has 0 aliphatic heterocycles. The van der Waals surface area contributed by atoms with Crippen molar-refractivity contribution in [3.8, 4) is 5.75 Å². The molecule has 0 atom stereocenters. The van der Waals surface area contributed by atoms with E-state index in [9.17, 15) is 4.79 Å². The second-order valence-corrected chi connectivity index (χ2v) is 3.89. The second-order valence-electron chi connectivity index (χ2n) is 2.24. The Balaban J connectivity index is 3.52. The van der Waals surface area contributed by atoms with Gasteiger partial charge in [-0.2, -0.15) is 0 Å². The maximum absolute atomic E-state index is 11.3. The van der Waals surface area contributed by atoms with E-state index >= 15 is 0 Å². The zero-order valence-corrected chi connectivity index (χ0v) is 9.77. The van der Waals surface area contributed by atoms with Crippen LogP contribution in [0.25, 0.3) is 0 Å². The fourth-order valence-corrected chi connectivity index (χ4v) is 2.42. The highest BCUT2D eigenvalue weighted by Gasteiger charge is 2.10. The van der Waals surface area contributed by atoms with E-state index < -0.39 is 0 Å². The number of hydrogen-bond donors (Lipinski definition) is 0. The number of pyridine rings is 1. The number of hydrogen-bond acceptors (Lipinski definition) is 2. The van der Waals surface area contributed by atoms with E-state index in [4.69, 9.17) is 4.74 Å². The molecule has 0 bridgehead atoms. The lowest BCUT2D eigenvalue weighted by molar-refractivity contribution is 0.406. The molecule has 0 amide bonds. The van der Waals surface area contributed by atoms with Crippen molar-refractivity contribution in [1.29, 1.82) is 0 Å². The van der Waals surface area contributed by atoms with Crippen molar-refractivity contribution in [2.24, 2.45) is 7.05 Å². The average molecular weight is 297 g/mol. The Morgan fingerprint density at radius 1 is 1.50 bits per heavy atom. The highest BCUT2D eigenvalue weighted by Crippen LogP contribution is 2.29. The highest BCUT2D eigenvalue weighted by atomic mass is 79.9. The van der Waals surface area contributed by atoms with E-state index in [-0.39, 0.29) is 5.56 Å². The molecule has 1 aromatic rings. The predicted octanol–water partition coefficient (Wildman–Crippen LogP) is 1.92. The largest absolute Gasteiger partial charge is 0.494 e. The first-order chi connectivity index (χ1) is 5.57. The van der Waals surface area contributed by atoms with Crippen LogP contribution in [0.1, 0.15) is 0 Å². The summed E-state index contributed by atoms with van der Waals surface area (Å²) in [5.41, 5.74) is -0.116. The van der Waals surface area contributed by atoms with Gasteiger partial charge in [0.05, 0.1) is 11.6 Å². The van der Waals surface area contributed by atoms with Gasteiger partial charge in [-0.25, -0.2) is 0 Å². The van der Waals surface area contributed by atoms with Gasteiger partial charge < -0.3 is 9.30 Å². The third-order valence-electron chi connectivity index (χ3n) is 1.44. The van der Waals surface area contributed by atoms with Crippen molar-refractivity contribution in [1.82, 2.24) is 4.57 Å². The minimum Gasteiger partial charge on any atom is -0.494 e. The van der Waals surface area contributed by atoms with Crippen LogP contribution in [-0.2, 0) is 7.05 Å². The van der Waals surface area contributed by atoms with E-state index in [2.05, 4.69) is 31.9 Å². The van der Waals surface area contributed by atoms with Crippen LogP contribution in [-0.4, -0.2) is 11.7 Å². The summed E-state index contributed by atoms with van der Waals surface area (Å²) < 4.78 is 7.65.